The summed E-state index contributed by atoms with van der Waals surface area (Å²) in [5, 5.41) is 5.98. The van der Waals surface area contributed by atoms with E-state index in [1.165, 1.54) is 23.1 Å². The lowest BCUT2D eigenvalue weighted by Crippen LogP contribution is -2.26. The van der Waals surface area contributed by atoms with Crippen molar-refractivity contribution in [1.82, 2.24) is 14.9 Å². The molecule has 174 valence electrons. The van der Waals surface area contributed by atoms with Crippen LogP contribution in [-0.2, 0) is 17.9 Å². The molecule has 0 aliphatic heterocycles. The van der Waals surface area contributed by atoms with Crippen LogP contribution >= 0.6 is 23.1 Å². The molecule has 8 heteroatoms. The fourth-order valence-electron chi connectivity index (χ4n) is 3.52. The quantitative estimate of drug-likeness (QED) is 0.202. The molecule has 0 unspecified atom stereocenters. The lowest BCUT2D eigenvalue weighted by Gasteiger charge is -2.11. The van der Waals surface area contributed by atoms with Gasteiger partial charge in [-0.3, -0.25) is 14.2 Å². The molecule has 0 aliphatic carbocycles. The number of fused-ring (bicyclic) bond motifs is 1. The first-order valence-electron chi connectivity index (χ1n) is 10.7. The van der Waals surface area contributed by atoms with Gasteiger partial charge in [-0.25, -0.2) is 4.98 Å². The van der Waals surface area contributed by atoms with Crippen molar-refractivity contribution in [3.05, 3.63) is 88.0 Å². The molecule has 0 aliphatic rings. The average Bonchev–Trinajstić information content (AvgIpc) is 3.28. The number of aryl methyl sites for hydroxylation is 1. The third kappa shape index (κ3) is 5.24. The Kier molecular flexibility index (Phi) is 7.49. The summed E-state index contributed by atoms with van der Waals surface area (Å²) in [6.07, 6.45) is 1.67. The zero-order valence-electron chi connectivity index (χ0n) is 19.0. The number of methoxy groups -OCH3 is 1. The number of carbonyl (C=O) groups is 1. The number of thioether (sulfide) groups is 1. The number of benzene rings is 2. The van der Waals surface area contributed by atoms with Gasteiger partial charge in [0.25, 0.3) is 5.56 Å². The minimum Gasteiger partial charge on any atom is -0.497 e. The Labute approximate surface area is 206 Å². The molecule has 2 aromatic heterocycles. The van der Waals surface area contributed by atoms with E-state index in [-0.39, 0.29) is 17.2 Å². The van der Waals surface area contributed by atoms with Gasteiger partial charge in [-0.15, -0.1) is 17.9 Å². The second-order valence-corrected chi connectivity index (χ2v) is 9.51. The van der Waals surface area contributed by atoms with Crippen LogP contribution in [0.4, 0.5) is 0 Å². The molecule has 0 fully saturated rings. The van der Waals surface area contributed by atoms with Gasteiger partial charge < -0.3 is 10.1 Å². The van der Waals surface area contributed by atoms with E-state index in [0.717, 1.165) is 28.0 Å². The van der Waals surface area contributed by atoms with Crippen LogP contribution in [0.5, 0.6) is 5.75 Å². The van der Waals surface area contributed by atoms with Gasteiger partial charge in [-0.2, -0.15) is 0 Å². The van der Waals surface area contributed by atoms with Crippen LogP contribution in [0.1, 0.15) is 11.1 Å². The van der Waals surface area contributed by atoms with Gasteiger partial charge in [0.15, 0.2) is 5.16 Å². The Hall–Kier alpha value is -3.36. The summed E-state index contributed by atoms with van der Waals surface area (Å²) in [4.78, 5) is 31.3. The average molecular weight is 492 g/mol. The molecule has 4 aromatic rings. The van der Waals surface area contributed by atoms with Gasteiger partial charge in [-0.05, 0) is 30.2 Å². The van der Waals surface area contributed by atoms with E-state index in [1.807, 2.05) is 60.8 Å². The number of amides is 1. The first-order valence-corrected chi connectivity index (χ1v) is 12.6. The van der Waals surface area contributed by atoms with Crippen LogP contribution in [0.3, 0.4) is 0 Å². The van der Waals surface area contributed by atoms with E-state index in [4.69, 9.17) is 9.72 Å². The Morgan fingerprint density at radius 2 is 2.06 bits per heavy atom. The van der Waals surface area contributed by atoms with Crippen molar-refractivity contribution in [3.8, 4) is 16.9 Å². The Balaban J connectivity index is 1.54. The van der Waals surface area contributed by atoms with E-state index < -0.39 is 0 Å². The van der Waals surface area contributed by atoms with Crippen molar-refractivity contribution in [2.45, 2.75) is 25.2 Å². The normalized spacial score (nSPS) is 10.9. The number of hydrogen-bond donors (Lipinski definition) is 1. The number of nitrogens with zero attached hydrogens (tertiary/aromatic N) is 2. The minimum atomic E-state index is -0.140. The molecule has 0 radical (unpaired) electrons. The number of nitrogens with one attached hydrogen (secondary N) is 1. The minimum absolute atomic E-state index is 0.124. The monoisotopic (exact) mass is 491 g/mol. The zero-order chi connectivity index (χ0) is 24.1. The lowest BCUT2D eigenvalue weighted by molar-refractivity contribution is -0.118. The number of aromatic nitrogens is 2. The van der Waals surface area contributed by atoms with Crippen LogP contribution in [0.15, 0.2) is 76.5 Å². The summed E-state index contributed by atoms with van der Waals surface area (Å²) in [5.74, 6) is 0.752. The van der Waals surface area contributed by atoms with Crippen LogP contribution in [0.2, 0.25) is 0 Å². The predicted octanol–water partition coefficient (Wildman–Crippen LogP) is 5.04. The molecule has 0 bridgehead atoms. The lowest BCUT2D eigenvalue weighted by atomic mass is 10.1. The van der Waals surface area contributed by atoms with Crippen molar-refractivity contribution in [3.63, 3.8) is 0 Å². The molecule has 1 N–H and O–H groups in total. The van der Waals surface area contributed by atoms with Crippen molar-refractivity contribution in [2.24, 2.45) is 0 Å². The third-order valence-corrected chi connectivity index (χ3v) is 7.14. The molecule has 0 saturated heterocycles. The molecular weight excluding hydrogens is 466 g/mol. The molecule has 2 aromatic carbocycles. The van der Waals surface area contributed by atoms with E-state index in [1.54, 1.807) is 17.8 Å². The summed E-state index contributed by atoms with van der Waals surface area (Å²) in [7, 11) is 1.61. The molecule has 0 saturated carbocycles. The van der Waals surface area contributed by atoms with E-state index >= 15 is 0 Å². The van der Waals surface area contributed by atoms with E-state index in [9.17, 15) is 9.59 Å². The predicted molar refractivity (Wildman–Crippen MR) is 140 cm³/mol. The largest absolute Gasteiger partial charge is 0.497 e. The summed E-state index contributed by atoms with van der Waals surface area (Å²) in [6.45, 7) is 6.53. The SMILES string of the molecule is C=CCn1c(SCC(=O)NCc2cccc(OC)c2)nc2scc(-c3ccc(C)cc3)c2c1=O. The molecule has 0 spiro atoms. The standard InChI is InChI=1S/C26H25N3O3S2/c1-4-12-29-25(31)23-21(19-10-8-17(2)9-11-19)15-33-24(23)28-26(29)34-16-22(30)27-14-18-6-5-7-20(13-18)32-3/h4-11,13,15H,1,12,14,16H2,2-3H3,(H,27,30). The highest BCUT2D eigenvalue weighted by atomic mass is 32.2. The van der Waals surface area contributed by atoms with Crippen LogP contribution in [0.25, 0.3) is 21.3 Å². The van der Waals surface area contributed by atoms with Crippen LogP contribution < -0.4 is 15.6 Å². The van der Waals surface area contributed by atoms with Crippen molar-refractivity contribution < 1.29 is 9.53 Å². The molecule has 2 heterocycles. The Morgan fingerprint density at radius 1 is 1.26 bits per heavy atom. The maximum absolute atomic E-state index is 13.4. The maximum Gasteiger partial charge on any atom is 0.263 e. The summed E-state index contributed by atoms with van der Waals surface area (Å²) in [5.41, 5.74) is 3.85. The van der Waals surface area contributed by atoms with Crippen LogP contribution in [-0.4, -0.2) is 28.3 Å². The number of allylic oxidation sites excluding steroid dienone is 1. The molecule has 6 nitrogen and oxygen atoms in total. The Bertz CT molecular complexity index is 1390. The highest BCUT2D eigenvalue weighted by Gasteiger charge is 2.18. The van der Waals surface area contributed by atoms with Gasteiger partial charge in [0.05, 0.1) is 18.2 Å². The summed E-state index contributed by atoms with van der Waals surface area (Å²) in [6, 6.07) is 15.6. The number of thiophene rings is 1. The summed E-state index contributed by atoms with van der Waals surface area (Å²) < 4.78 is 6.80. The zero-order valence-corrected chi connectivity index (χ0v) is 20.7. The maximum atomic E-state index is 13.4. The number of carbonyl (C=O) groups excluding carboxylic acids is 1. The number of ether oxygens (including phenoxy) is 1. The number of hydrogen-bond acceptors (Lipinski definition) is 6. The topological polar surface area (TPSA) is 73.2 Å². The van der Waals surface area contributed by atoms with Crippen molar-refractivity contribution in [2.75, 3.05) is 12.9 Å². The van der Waals surface area contributed by atoms with Gasteiger partial charge in [-0.1, -0.05) is 59.8 Å². The van der Waals surface area contributed by atoms with E-state index in [0.29, 0.717) is 28.5 Å². The van der Waals surface area contributed by atoms with Gasteiger partial charge in [0.2, 0.25) is 5.91 Å². The molecule has 0 atom stereocenters. The van der Waals surface area contributed by atoms with Gasteiger partial charge >= 0.3 is 0 Å². The second-order valence-electron chi connectivity index (χ2n) is 7.71. The highest BCUT2D eigenvalue weighted by Crippen LogP contribution is 2.32. The molecular formula is C26H25N3O3S2. The highest BCUT2D eigenvalue weighted by molar-refractivity contribution is 7.99. The van der Waals surface area contributed by atoms with Gasteiger partial charge in [0, 0.05) is 24.0 Å². The second kappa shape index (κ2) is 10.7. The smallest absolute Gasteiger partial charge is 0.263 e. The first-order chi connectivity index (χ1) is 16.5. The van der Waals surface area contributed by atoms with Crippen LogP contribution in [0, 0.1) is 6.92 Å². The Morgan fingerprint density at radius 3 is 2.79 bits per heavy atom. The fraction of sp³-hybridized carbons (Fsp3) is 0.192. The third-order valence-electron chi connectivity index (χ3n) is 5.29. The fourth-order valence-corrected chi connectivity index (χ4v) is 5.34. The molecule has 1 amide bonds. The summed E-state index contributed by atoms with van der Waals surface area (Å²) >= 11 is 2.69. The van der Waals surface area contributed by atoms with Gasteiger partial charge in [0.1, 0.15) is 10.6 Å². The molecule has 34 heavy (non-hydrogen) atoms. The molecule has 4 rings (SSSR count). The first kappa shape index (κ1) is 23.8. The number of rotatable bonds is 9. The van der Waals surface area contributed by atoms with Crippen molar-refractivity contribution >= 4 is 39.2 Å². The van der Waals surface area contributed by atoms with Crippen molar-refractivity contribution in [1.29, 1.82) is 0 Å². The van der Waals surface area contributed by atoms with E-state index in [2.05, 4.69) is 11.9 Å².